The molecule has 0 aliphatic carbocycles. The molecule has 0 amide bonds. The van der Waals surface area contributed by atoms with Crippen LogP contribution in [0.2, 0.25) is 0 Å². The van der Waals surface area contributed by atoms with Crippen molar-refractivity contribution in [2.24, 2.45) is 0 Å². The smallest absolute Gasteiger partial charge is 0.735 e. The molecule has 16 nitrogen and oxygen atoms in total. The number of aliphatic carboxylic acids is 1. The van der Waals surface area contributed by atoms with Gasteiger partial charge in [-0.2, -0.15) is 0 Å². The first-order chi connectivity index (χ1) is 13.7. The summed E-state index contributed by atoms with van der Waals surface area (Å²) in [6, 6.07) is -1.85. The van der Waals surface area contributed by atoms with Gasteiger partial charge in [0.25, 0.3) is 0 Å². The summed E-state index contributed by atoms with van der Waals surface area (Å²) in [6.07, 6.45) is -13.1. The Morgan fingerprint density at radius 3 is 2.12 bits per heavy atom. The van der Waals surface area contributed by atoms with Gasteiger partial charge in [-0.3, -0.25) is 4.18 Å². The summed E-state index contributed by atoms with van der Waals surface area (Å²) in [5.41, 5.74) is 0. The molecule has 8 unspecified atom stereocenters. The van der Waals surface area contributed by atoms with Crippen molar-refractivity contribution in [3.05, 3.63) is 0 Å². The standard InChI is InChI=1S/C12H21NO15S2.3Na/c14-5-1-4(2-26-30(22,23)24)27-12(7(5)13-29(19,20)21)28-9-8(16)6(15)3-25-10(9)11(17)18;;;/h4-10,12-16H,1-3H2,(H,17,18)(H,19,20,21)(H,22,23,24);;;/q;3*+1/p-3. The van der Waals surface area contributed by atoms with Crippen molar-refractivity contribution >= 4 is 26.7 Å². The van der Waals surface area contributed by atoms with E-state index in [1.807, 2.05) is 0 Å². The van der Waals surface area contributed by atoms with Crippen LogP contribution >= 0.6 is 0 Å². The zero-order chi connectivity index (χ0) is 22.9. The molecule has 0 spiro atoms. The summed E-state index contributed by atoms with van der Waals surface area (Å²) in [7, 11) is -10.4. The molecular weight excluding hydrogens is 531 g/mol. The Balaban J connectivity index is 0. The van der Waals surface area contributed by atoms with Crippen LogP contribution in [0.15, 0.2) is 0 Å². The summed E-state index contributed by atoms with van der Waals surface area (Å²) in [5, 5.41) is 41.1. The van der Waals surface area contributed by atoms with E-state index in [1.54, 1.807) is 0 Å². The van der Waals surface area contributed by atoms with Gasteiger partial charge < -0.3 is 48.5 Å². The Bertz CT molecular complexity index is 830. The molecule has 4 N–H and O–H groups in total. The SMILES string of the molecule is O=C([O-])C1OCC(O)C(O)C1OC1OC(COS(=O)(=O)[O-])CC(O)C1NS(=O)(=O)[O-].[Na+].[Na+].[Na+]. The van der Waals surface area contributed by atoms with E-state index in [-0.39, 0.29) is 88.7 Å². The van der Waals surface area contributed by atoms with Crippen LogP contribution in [-0.2, 0) is 43.9 Å². The average Bonchev–Trinajstić information content (AvgIpc) is 2.58. The Morgan fingerprint density at radius 1 is 1.06 bits per heavy atom. The van der Waals surface area contributed by atoms with Crippen LogP contribution in [-0.4, -0.2) is 109 Å². The quantitative estimate of drug-likeness (QED) is 0.124. The van der Waals surface area contributed by atoms with Gasteiger partial charge in [0.1, 0.15) is 24.4 Å². The van der Waals surface area contributed by atoms with Gasteiger partial charge >= 0.3 is 88.7 Å². The maximum absolute atomic E-state index is 11.2. The number of aliphatic hydroxyl groups excluding tert-OH is 3. The molecule has 0 aromatic rings. The van der Waals surface area contributed by atoms with Crippen LogP contribution in [0, 0.1) is 0 Å². The zero-order valence-electron chi connectivity index (χ0n) is 17.8. The average molecular weight is 549 g/mol. The molecule has 0 saturated carbocycles. The second-order valence-electron chi connectivity index (χ2n) is 6.45. The molecule has 0 radical (unpaired) electrons. The van der Waals surface area contributed by atoms with Gasteiger partial charge in [0.2, 0.25) is 10.4 Å². The maximum Gasteiger partial charge on any atom is 1.00 e. The first-order valence-corrected chi connectivity index (χ1v) is 10.9. The van der Waals surface area contributed by atoms with Crippen molar-refractivity contribution in [3.8, 4) is 0 Å². The van der Waals surface area contributed by atoms with E-state index < -0.39 is 95.3 Å². The third-order valence-corrected chi connectivity index (χ3v) is 5.20. The van der Waals surface area contributed by atoms with Crippen LogP contribution in [0.25, 0.3) is 0 Å². The first-order valence-electron chi connectivity index (χ1n) is 8.19. The molecule has 0 aromatic heterocycles. The van der Waals surface area contributed by atoms with E-state index in [9.17, 15) is 51.2 Å². The molecule has 0 aromatic carbocycles. The van der Waals surface area contributed by atoms with Crippen molar-refractivity contribution in [2.45, 2.75) is 55.4 Å². The van der Waals surface area contributed by atoms with Gasteiger partial charge in [-0.25, -0.2) is 21.6 Å². The van der Waals surface area contributed by atoms with Crippen LogP contribution < -0.4 is 98.5 Å². The van der Waals surface area contributed by atoms with Crippen LogP contribution in [0.4, 0.5) is 0 Å². The molecule has 8 atom stereocenters. The van der Waals surface area contributed by atoms with Gasteiger partial charge in [0.15, 0.2) is 16.6 Å². The van der Waals surface area contributed by atoms with E-state index in [2.05, 4.69) is 4.18 Å². The summed E-state index contributed by atoms with van der Waals surface area (Å²) >= 11 is 0. The maximum atomic E-state index is 11.2. The predicted octanol–water partition coefficient (Wildman–Crippen LogP) is -15.4. The number of hydrogen-bond donors (Lipinski definition) is 4. The number of carbonyl (C=O) groups excluding carboxylic acids is 1. The van der Waals surface area contributed by atoms with Crippen molar-refractivity contribution in [3.63, 3.8) is 0 Å². The number of carbonyl (C=O) groups is 1. The van der Waals surface area contributed by atoms with Crippen LogP contribution in [0.1, 0.15) is 6.42 Å². The molecule has 21 heteroatoms. The third kappa shape index (κ3) is 11.9. The molecule has 176 valence electrons. The number of carboxylic acid groups (broad SMARTS) is 1. The minimum absolute atomic E-state index is 0. The molecule has 2 aliphatic rings. The Morgan fingerprint density at radius 2 is 1.64 bits per heavy atom. The van der Waals surface area contributed by atoms with Crippen molar-refractivity contribution in [1.82, 2.24) is 4.72 Å². The first kappa shape index (κ1) is 37.1. The number of nitrogens with one attached hydrogen (secondary N) is 1. The Labute approximate surface area is 255 Å². The van der Waals surface area contributed by atoms with Gasteiger partial charge in [0, 0.05) is 6.42 Å². The Hall–Kier alpha value is 1.97. The largest absolute Gasteiger partial charge is 1.00 e. The van der Waals surface area contributed by atoms with E-state index in [0.717, 1.165) is 0 Å². The molecule has 0 bridgehead atoms. The molecule has 2 fully saturated rings. The number of ether oxygens (including phenoxy) is 3. The number of aliphatic hydroxyl groups is 3. The van der Waals surface area contributed by atoms with E-state index in [1.165, 1.54) is 4.72 Å². The topological polar surface area (TPSA) is 264 Å². The van der Waals surface area contributed by atoms with Gasteiger partial charge in [0.05, 0.1) is 37.4 Å². The summed E-state index contributed by atoms with van der Waals surface area (Å²) in [4.78, 5) is 11.2. The van der Waals surface area contributed by atoms with Crippen LogP contribution in [0.3, 0.4) is 0 Å². The molecule has 33 heavy (non-hydrogen) atoms. The molecular formula is C12H18NNa3O15S2. The monoisotopic (exact) mass is 549 g/mol. The van der Waals surface area contributed by atoms with Crippen LogP contribution in [0.5, 0.6) is 0 Å². The number of hydrogen-bond acceptors (Lipinski definition) is 15. The van der Waals surface area contributed by atoms with Crippen molar-refractivity contribution < 1.29 is 158 Å². The molecule has 2 heterocycles. The second-order valence-corrected chi connectivity index (χ2v) is 8.65. The summed E-state index contributed by atoms with van der Waals surface area (Å²) < 4.78 is 85.6. The fraction of sp³-hybridized carbons (Fsp3) is 0.917. The minimum atomic E-state index is -5.21. The van der Waals surface area contributed by atoms with E-state index in [0.29, 0.717) is 0 Å². The van der Waals surface area contributed by atoms with Gasteiger partial charge in [-0.15, -0.1) is 0 Å². The minimum Gasteiger partial charge on any atom is -0.735 e. The fourth-order valence-corrected chi connectivity index (χ4v) is 3.83. The molecule has 2 rings (SSSR count). The number of rotatable bonds is 8. The fourth-order valence-electron chi connectivity index (χ4n) is 2.91. The van der Waals surface area contributed by atoms with Gasteiger partial charge in [-0.1, -0.05) is 0 Å². The number of carboxylic acids is 1. The molecule has 2 saturated heterocycles. The third-order valence-electron chi connectivity index (χ3n) is 4.22. The normalized spacial score (nSPS) is 34.8. The zero-order valence-corrected chi connectivity index (χ0v) is 25.4. The summed E-state index contributed by atoms with van der Waals surface area (Å²) in [5.74, 6) is -1.87. The van der Waals surface area contributed by atoms with Crippen molar-refractivity contribution in [2.75, 3.05) is 13.2 Å². The van der Waals surface area contributed by atoms with E-state index >= 15 is 0 Å². The molecule has 2 aliphatic heterocycles. The predicted molar refractivity (Wildman–Crippen MR) is 83.2 cm³/mol. The second kappa shape index (κ2) is 15.4. The van der Waals surface area contributed by atoms with Crippen molar-refractivity contribution in [1.29, 1.82) is 0 Å². The van der Waals surface area contributed by atoms with E-state index in [4.69, 9.17) is 14.2 Å². The summed E-state index contributed by atoms with van der Waals surface area (Å²) in [6.45, 7) is -1.54. The Kier molecular flexibility index (Phi) is 17.3. The van der Waals surface area contributed by atoms with Gasteiger partial charge in [-0.05, 0) is 0 Å².